The third-order valence-electron chi connectivity index (χ3n) is 3.29. The molecule has 2 heterocycles. The highest BCUT2D eigenvalue weighted by Gasteiger charge is 2.08. The Bertz CT molecular complexity index is 846. The van der Waals surface area contributed by atoms with E-state index in [0.717, 1.165) is 12.1 Å². The number of hydrogen-bond acceptors (Lipinski definition) is 3. The molecule has 106 valence electrons. The molecular formula is C15H14N4O2. The number of rotatable bonds is 3. The first-order valence-corrected chi connectivity index (χ1v) is 6.64. The first-order valence-electron chi connectivity index (χ1n) is 6.64. The summed E-state index contributed by atoms with van der Waals surface area (Å²) in [4.78, 5) is 23.7. The standard InChI is InChI=1S/C15H14N4O2/c1-2-10-3-6-12(7-4-10)16-14(20)11-5-8-13-17-18-15(21)19(13)9-11/h3-9H,2H2,1H3,(H,16,20)(H,18,21). The molecule has 0 aliphatic rings. The van der Waals surface area contributed by atoms with Gasteiger partial charge in [-0.25, -0.2) is 14.3 Å². The van der Waals surface area contributed by atoms with Crippen molar-refractivity contribution >= 4 is 17.2 Å². The molecule has 21 heavy (non-hydrogen) atoms. The lowest BCUT2D eigenvalue weighted by atomic mass is 10.1. The van der Waals surface area contributed by atoms with Gasteiger partial charge in [0.1, 0.15) is 0 Å². The number of anilines is 1. The lowest BCUT2D eigenvalue weighted by molar-refractivity contribution is 0.102. The summed E-state index contributed by atoms with van der Waals surface area (Å²) in [6.45, 7) is 2.07. The molecular weight excluding hydrogens is 268 g/mol. The van der Waals surface area contributed by atoms with Crippen LogP contribution in [-0.4, -0.2) is 20.5 Å². The summed E-state index contributed by atoms with van der Waals surface area (Å²) in [5, 5.41) is 8.95. The van der Waals surface area contributed by atoms with Gasteiger partial charge in [0.15, 0.2) is 5.65 Å². The van der Waals surface area contributed by atoms with Gasteiger partial charge < -0.3 is 5.32 Å². The van der Waals surface area contributed by atoms with Gasteiger partial charge in [-0.1, -0.05) is 19.1 Å². The fourth-order valence-electron chi connectivity index (χ4n) is 2.07. The zero-order valence-electron chi connectivity index (χ0n) is 11.5. The maximum Gasteiger partial charge on any atom is 0.347 e. The van der Waals surface area contributed by atoms with Crippen molar-refractivity contribution < 1.29 is 4.79 Å². The Balaban J connectivity index is 1.85. The van der Waals surface area contributed by atoms with Crippen molar-refractivity contribution in [1.29, 1.82) is 0 Å². The molecule has 0 aliphatic carbocycles. The lowest BCUT2D eigenvalue weighted by Crippen LogP contribution is -2.15. The highest BCUT2D eigenvalue weighted by Crippen LogP contribution is 2.12. The monoisotopic (exact) mass is 282 g/mol. The Hall–Kier alpha value is -2.89. The van der Waals surface area contributed by atoms with Crippen molar-refractivity contribution in [3.8, 4) is 0 Å². The van der Waals surface area contributed by atoms with Crippen molar-refractivity contribution in [3.05, 3.63) is 64.2 Å². The van der Waals surface area contributed by atoms with Crippen molar-refractivity contribution in [2.75, 3.05) is 5.32 Å². The minimum Gasteiger partial charge on any atom is -0.322 e. The second-order valence-corrected chi connectivity index (χ2v) is 4.68. The number of hydrogen-bond donors (Lipinski definition) is 2. The van der Waals surface area contributed by atoms with Crippen molar-refractivity contribution in [2.24, 2.45) is 0 Å². The van der Waals surface area contributed by atoms with Crippen LogP contribution >= 0.6 is 0 Å². The maximum absolute atomic E-state index is 12.2. The minimum atomic E-state index is -0.369. The quantitative estimate of drug-likeness (QED) is 0.769. The van der Waals surface area contributed by atoms with E-state index in [1.165, 1.54) is 16.2 Å². The zero-order chi connectivity index (χ0) is 14.8. The van der Waals surface area contributed by atoms with Crippen LogP contribution in [0.3, 0.4) is 0 Å². The second-order valence-electron chi connectivity index (χ2n) is 4.68. The summed E-state index contributed by atoms with van der Waals surface area (Å²) in [6, 6.07) is 10.9. The van der Waals surface area contributed by atoms with Gasteiger partial charge in [0.2, 0.25) is 0 Å². The van der Waals surface area contributed by atoms with E-state index >= 15 is 0 Å². The van der Waals surface area contributed by atoms with Gasteiger partial charge in [0.25, 0.3) is 5.91 Å². The molecule has 6 nitrogen and oxygen atoms in total. The molecule has 3 aromatic rings. The SMILES string of the molecule is CCc1ccc(NC(=O)c2ccc3n[nH]c(=O)n3c2)cc1. The van der Waals surface area contributed by atoms with Crippen LogP contribution in [0, 0.1) is 0 Å². The van der Waals surface area contributed by atoms with E-state index in [2.05, 4.69) is 22.4 Å². The van der Waals surface area contributed by atoms with E-state index in [-0.39, 0.29) is 11.6 Å². The first kappa shape index (κ1) is 13.1. The zero-order valence-corrected chi connectivity index (χ0v) is 11.5. The van der Waals surface area contributed by atoms with Gasteiger partial charge in [-0.2, -0.15) is 5.10 Å². The Morgan fingerprint density at radius 3 is 2.71 bits per heavy atom. The summed E-state index contributed by atoms with van der Waals surface area (Å²) >= 11 is 0. The molecule has 0 unspecified atom stereocenters. The smallest absolute Gasteiger partial charge is 0.322 e. The predicted octanol–water partition coefficient (Wildman–Crippen LogP) is 1.84. The van der Waals surface area contributed by atoms with E-state index < -0.39 is 0 Å². The molecule has 1 aromatic carbocycles. The molecule has 0 saturated carbocycles. The number of H-pyrrole nitrogens is 1. The molecule has 3 rings (SSSR count). The Kier molecular flexibility index (Phi) is 3.27. The van der Waals surface area contributed by atoms with E-state index in [0.29, 0.717) is 11.2 Å². The molecule has 0 atom stereocenters. The van der Waals surface area contributed by atoms with Crippen LogP contribution in [0.25, 0.3) is 5.65 Å². The van der Waals surface area contributed by atoms with Gasteiger partial charge in [0.05, 0.1) is 5.56 Å². The molecule has 6 heteroatoms. The van der Waals surface area contributed by atoms with Crippen LogP contribution in [0.5, 0.6) is 0 Å². The molecule has 0 radical (unpaired) electrons. The topological polar surface area (TPSA) is 79.3 Å². The number of pyridine rings is 1. The average Bonchev–Trinajstić information content (AvgIpc) is 2.89. The summed E-state index contributed by atoms with van der Waals surface area (Å²) in [7, 11) is 0. The first-order chi connectivity index (χ1) is 10.2. The van der Waals surface area contributed by atoms with Gasteiger partial charge in [-0.05, 0) is 36.2 Å². The third kappa shape index (κ3) is 2.55. The molecule has 0 fully saturated rings. The maximum atomic E-state index is 12.2. The van der Waals surface area contributed by atoms with Crippen LogP contribution < -0.4 is 11.0 Å². The summed E-state index contributed by atoms with van der Waals surface area (Å²) in [6.07, 6.45) is 2.42. The highest BCUT2D eigenvalue weighted by atomic mass is 16.2. The fraction of sp³-hybridized carbons (Fsp3) is 0.133. The number of carbonyl (C=O) groups excluding carboxylic acids is 1. The minimum absolute atomic E-state index is 0.269. The van der Waals surface area contributed by atoms with Crippen molar-refractivity contribution in [1.82, 2.24) is 14.6 Å². The van der Waals surface area contributed by atoms with Crippen molar-refractivity contribution in [3.63, 3.8) is 0 Å². The molecule has 0 saturated heterocycles. The van der Waals surface area contributed by atoms with Crippen molar-refractivity contribution in [2.45, 2.75) is 13.3 Å². The number of aromatic nitrogens is 3. The number of benzene rings is 1. The summed E-state index contributed by atoms with van der Waals surface area (Å²) < 4.78 is 1.30. The molecule has 2 N–H and O–H groups in total. The van der Waals surface area contributed by atoms with Gasteiger partial charge >= 0.3 is 5.69 Å². The predicted molar refractivity (Wildman–Crippen MR) is 79.6 cm³/mol. The van der Waals surface area contributed by atoms with Gasteiger partial charge in [0, 0.05) is 11.9 Å². The normalized spacial score (nSPS) is 10.7. The van der Waals surface area contributed by atoms with Crippen LogP contribution in [0.2, 0.25) is 0 Å². The number of aryl methyl sites for hydroxylation is 1. The molecule has 1 amide bonds. The van der Waals surface area contributed by atoms with E-state index in [1.54, 1.807) is 12.1 Å². The highest BCUT2D eigenvalue weighted by molar-refractivity contribution is 6.04. The molecule has 2 aromatic heterocycles. The average molecular weight is 282 g/mol. The molecule has 0 spiro atoms. The van der Waals surface area contributed by atoms with E-state index in [9.17, 15) is 9.59 Å². The third-order valence-corrected chi connectivity index (χ3v) is 3.29. The fourth-order valence-corrected chi connectivity index (χ4v) is 2.07. The second kappa shape index (κ2) is 5.24. The van der Waals surface area contributed by atoms with Crippen LogP contribution in [0.15, 0.2) is 47.4 Å². The van der Waals surface area contributed by atoms with E-state index in [1.807, 2.05) is 24.3 Å². The molecule has 0 aliphatic heterocycles. The van der Waals surface area contributed by atoms with Crippen LogP contribution in [0.1, 0.15) is 22.8 Å². The Morgan fingerprint density at radius 2 is 2.00 bits per heavy atom. The summed E-state index contributed by atoms with van der Waals surface area (Å²) in [5.74, 6) is -0.269. The lowest BCUT2D eigenvalue weighted by Gasteiger charge is -2.06. The Morgan fingerprint density at radius 1 is 1.24 bits per heavy atom. The van der Waals surface area contributed by atoms with Gasteiger partial charge in [-0.15, -0.1) is 0 Å². The number of fused-ring (bicyclic) bond motifs is 1. The van der Waals surface area contributed by atoms with Crippen LogP contribution in [0.4, 0.5) is 5.69 Å². The summed E-state index contributed by atoms with van der Waals surface area (Å²) in [5.41, 5.74) is 2.43. The largest absolute Gasteiger partial charge is 0.347 e. The van der Waals surface area contributed by atoms with Crippen LogP contribution in [-0.2, 0) is 6.42 Å². The number of aromatic amines is 1. The number of nitrogens with zero attached hydrogens (tertiary/aromatic N) is 2. The Labute approximate surface area is 120 Å². The number of nitrogens with one attached hydrogen (secondary N) is 2. The van der Waals surface area contributed by atoms with E-state index in [4.69, 9.17) is 0 Å². The number of amides is 1. The molecule has 0 bridgehead atoms. The number of carbonyl (C=O) groups is 1. The van der Waals surface area contributed by atoms with Gasteiger partial charge in [-0.3, -0.25) is 4.79 Å².